The van der Waals surface area contributed by atoms with Gasteiger partial charge in [0.05, 0.1) is 25.2 Å². The summed E-state index contributed by atoms with van der Waals surface area (Å²) in [5.41, 5.74) is 1.74. The zero-order valence-electron chi connectivity index (χ0n) is 12.3. The molecule has 0 aliphatic rings. The topological polar surface area (TPSA) is 64.6 Å². The zero-order chi connectivity index (χ0) is 15.0. The molecule has 1 rings (SSSR count). The van der Waals surface area contributed by atoms with E-state index in [1.165, 1.54) is 7.11 Å². The van der Waals surface area contributed by atoms with E-state index in [0.717, 1.165) is 12.1 Å². The van der Waals surface area contributed by atoms with Crippen molar-refractivity contribution in [3.8, 4) is 5.75 Å². The molecule has 0 spiro atoms. The number of ether oxygens (including phenoxy) is 2. The molecule has 6 heteroatoms. The molecule has 0 aromatic heterocycles. The summed E-state index contributed by atoms with van der Waals surface area (Å²) in [6, 6.07) is 5.63. The monoisotopic (exact) mass is 301 g/mol. The molecule has 0 atom stereocenters. The van der Waals surface area contributed by atoms with E-state index in [9.17, 15) is 8.42 Å². The van der Waals surface area contributed by atoms with Crippen molar-refractivity contribution in [2.75, 3.05) is 33.1 Å². The third-order valence-electron chi connectivity index (χ3n) is 2.90. The Morgan fingerprint density at radius 2 is 2.00 bits per heavy atom. The van der Waals surface area contributed by atoms with Gasteiger partial charge in [0, 0.05) is 19.2 Å². The lowest BCUT2D eigenvalue weighted by molar-refractivity contribution is 0.217. The number of hydrogen-bond donors (Lipinski definition) is 1. The van der Waals surface area contributed by atoms with Crippen molar-refractivity contribution >= 4 is 9.84 Å². The van der Waals surface area contributed by atoms with Crippen molar-refractivity contribution in [1.29, 1.82) is 0 Å². The molecule has 1 N–H and O–H groups in total. The molecule has 1 aromatic rings. The Kier molecular flexibility index (Phi) is 6.98. The van der Waals surface area contributed by atoms with Gasteiger partial charge < -0.3 is 14.8 Å². The summed E-state index contributed by atoms with van der Waals surface area (Å²) < 4.78 is 34.1. The van der Waals surface area contributed by atoms with Gasteiger partial charge in [0.2, 0.25) is 0 Å². The van der Waals surface area contributed by atoms with Crippen molar-refractivity contribution in [3.05, 3.63) is 29.3 Å². The largest absolute Gasteiger partial charge is 0.496 e. The SMILES string of the molecule is CCNCc1ccc(OC)c(CS(=O)(=O)CCOC)c1. The minimum absolute atomic E-state index is 0.0179. The summed E-state index contributed by atoms with van der Waals surface area (Å²) in [6.07, 6.45) is 0. The van der Waals surface area contributed by atoms with Gasteiger partial charge in [-0.3, -0.25) is 0 Å². The lowest BCUT2D eigenvalue weighted by Gasteiger charge is -2.11. The highest BCUT2D eigenvalue weighted by Crippen LogP contribution is 2.22. The molecule has 0 amide bonds. The molecule has 20 heavy (non-hydrogen) atoms. The lowest BCUT2D eigenvalue weighted by atomic mass is 10.1. The second-order valence-corrected chi connectivity index (χ2v) is 6.70. The normalized spacial score (nSPS) is 11.6. The molecule has 0 heterocycles. The summed E-state index contributed by atoms with van der Waals surface area (Å²) in [6.45, 7) is 3.82. The van der Waals surface area contributed by atoms with E-state index in [-0.39, 0.29) is 18.1 Å². The van der Waals surface area contributed by atoms with Crippen molar-refractivity contribution < 1.29 is 17.9 Å². The number of sulfone groups is 1. The molecular formula is C14H23NO4S. The fourth-order valence-electron chi connectivity index (χ4n) is 1.84. The number of rotatable bonds is 9. The Morgan fingerprint density at radius 1 is 1.25 bits per heavy atom. The molecule has 5 nitrogen and oxygen atoms in total. The van der Waals surface area contributed by atoms with Crippen LogP contribution < -0.4 is 10.1 Å². The third kappa shape index (κ3) is 5.48. The first kappa shape index (κ1) is 16.9. The van der Waals surface area contributed by atoms with Crippen LogP contribution in [0.15, 0.2) is 18.2 Å². The summed E-state index contributed by atoms with van der Waals surface area (Å²) in [5.74, 6) is 0.593. The number of methoxy groups -OCH3 is 2. The van der Waals surface area contributed by atoms with Crippen LogP contribution in [0.5, 0.6) is 5.75 Å². The maximum atomic E-state index is 12.0. The third-order valence-corrected chi connectivity index (χ3v) is 4.44. The number of nitrogens with one attached hydrogen (secondary N) is 1. The summed E-state index contributed by atoms with van der Waals surface area (Å²) in [7, 11) is -0.153. The fourth-order valence-corrected chi connectivity index (χ4v) is 3.11. The highest BCUT2D eigenvalue weighted by atomic mass is 32.2. The molecule has 0 unspecified atom stereocenters. The van der Waals surface area contributed by atoms with E-state index in [0.29, 0.717) is 17.9 Å². The Morgan fingerprint density at radius 3 is 2.60 bits per heavy atom. The van der Waals surface area contributed by atoms with Crippen LogP contribution in [-0.2, 0) is 26.9 Å². The molecule has 0 saturated carbocycles. The van der Waals surface area contributed by atoms with Gasteiger partial charge in [0.15, 0.2) is 9.84 Å². The van der Waals surface area contributed by atoms with E-state index in [1.54, 1.807) is 7.11 Å². The smallest absolute Gasteiger partial charge is 0.156 e. The molecule has 0 radical (unpaired) electrons. The van der Waals surface area contributed by atoms with Crippen LogP contribution in [0.25, 0.3) is 0 Å². The van der Waals surface area contributed by atoms with Crippen LogP contribution >= 0.6 is 0 Å². The maximum absolute atomic E-state index is 12.0. The quantitative estimate of drug-likeness (QED) is 0.746. The van der Waals surface area contributed by atoms with E-state index >= 15 is 0 Å². The average Bonchev–Trinajstić information content (AvgIpc) is 2.43. The van der Waals surface area contributed by atoms with Crippen LogP contribution in [0.4, 0.5) is 0 Å². The fraction of sp³-hybridized carbons (Fsp3) is 0.571. The van der Waals surface area contributed by atoms with E-state index in [1.807, 2.05) is 25.1 Å². The highest BCUT2D eigenvalue weighted by molar-refractivity contribution is 7.90. The summed E-state index contributed by atoms with van der Waals surface area (Å²) >= 11 is 0. The summed E-state index contributed by atoms with van der Waals surface area (Å²) in [4.78, 5) is 0. The van der Waals surface area contributed by atoms with Crippen molar-refractivity contribution in [1.82, 2.24) is 5.32 Å². The number of benzene rings is 1. The molecule has 0 fully saturated rings. The van der Waals surface area contributed by atoms with E-state index < -0.39 is 9.84 Å². The van der Waals surface area contributed by atoms with Crippen molar-refractivity contribution in [3.63, 3.8) is 0 Å². The standard InChI is InChI=1S/C14H23NO4S/c1-4-15-10-12-5-6-14(19-3)13(9-12)11-20(16,17)8-7-18-2/h5-6,9,15H,4,7-8,10-11H2,1-3H3. The highest BCUT2D eigenvalue weighted by Gasteiger charge is 2.15. The van der Waals surface area contributed by atoms with Crippen LogP contribution in [0.2, 0.25) is 0 Å². The van der Waals surface area contributed by atoms with Crippen LogP contribution in [0.1, 0.15) is 18.1 Å². The van der Waals surface area contributed by atoms with Gasteiger partial charge in [0.1, 0.15) is 5.75 Å². The Balaban J connectivity index is 2.90. The average molecular weight is 301 g/mol. The molecule has 0 bridgehead atoms. The first-order valence-electron chi connectivity index (χ1n) is 6.58. The van der Waals surface area contributed by atoms with E-state index in [4.69, 9.17) is 9.47 Å². The Labute approximate surface area is 121 Å². The van der Waals surface area contributed by atoms with Gasteiger partial charge in [-0.2, -0.15) is 0 Å². The van der Waals surface area contributed by atoms with Crippen LogP contribution in [0, 0.1) is 0 Å². The minimum Gasteiger partial charge on any atom is -0.496 e. The maximum Gasteiger partial charge on any atom is 0.156 e. The van der Waals surface area contributed by atoms with Gasteiger partial charge in [0.25, 0.3) is 0 Å². The lowest BCUT2D eigenvalue weighted by Crippen LogP contribution is -2.15. The second-order valence-electron chi connectivity index (χ2n) is 4.51. The predicted octanol–water partition coefficient (Wildman–Crippen LogP) is 1.37. The minimum atomic E-state index is -3.19. The van der Waals surface area contributed by atoms with Gasteiger partial charge in [-0.1, -0.05) is 13.0 Å². The first-order valence-corrected chi connectivity index (χ1v) is 8.40. The molecule has 0 aliphatic heterocycles. The van der Waals surface area contributed by atoms with E-state index in [2.05, 4.69) is 5.32 Å². The van der Waals surface area contributed by atoms with Gasteiger partial charge in [-0.25, -0.2) is 8.42 Å². The van der Waals surface area contributed by atoms with Gasteiger partial charge in [-0.15, -0.1) is 0 Å². The molecule has 114 valence electrons. The number of hydrogen-bond acceptors (Lipinski definition) is 5. The summed E-state index contributed by atoms with van der Waals surface area (Å²) in [5, 5.41) is 3.22. The second kappa shape index (κ2) is 8.24. The van der Waals surface area contributed by atoms with Crippen LogP contribution in [0.3, 0.4) is 0 Å². The zero-order valence-corrected chi connectivity index (χ0v) is 13.1. The Hall–Kier alpha value is -1.11. The predicted molar refractivity (Wildman–Crippen MR) is 79.7 cm³/mol. The molecule has 0 saturated heterocycles. The molecule has 0 aliphatic carbocycles. The Bertz CT molecular complexity index is 514. The molecule has 1 aromatic carbocycles. The van der Waals surface area contributed by atoms with Crippen molar-refractivity contribution in [2.24, 2.45) is 0 Å². The van der Waals surface area contributed by atoms with Crippen LogP contribution in [-0.4, -0.2) is 41.5 Å². The molecular weight excluding hydrogens is 278 g/mol. The van der Waals surface area contributed by atoms with Gasteiger partial charge >= 0.3 is 0 Å². The van der Waals surface area contributed by atoms with Crippen molar-refractivity contribution in [2.45, 2.75) is 19.2 Å². The first-order chi connectivity index (χ1) is 9.52. The van der Waals surface area contributed by atoms with Gasteiger partial charge in [-0.05, 0) is 24.2 Å².